The summed E-state index contributed by atoms with van der Waals surface area (Å²) in [5.74, 6) is 5.30. The van der Waals surface area contributed by atoms with Crippen LogP contribution in [-0.2, 0) is 11.8 Å². The molecule has 0 radical (unpaired) electrons. The van der Waals surface area contributed by atoms with Gasteiger partial charge < -0.3 is 0 Å². The van der Waals surface area contributed by atoms with Gasteiger partial charge in [0.05, 0.1) is 4.44 Å². The van der Waals surface area contributed by atoms with Crippen molar-refractivity contribution in [3.05, 3.63) is 0 Å². The quantitative estimate of drug-likeness (QED) is 0.639. The zero-order chi connectivity index (χ0) is 11.8. The number of hydrogen-bond donors (Lipinski definition) is 0. The Kier molecular flexibility index (Phi) is 4.78. The highest BCUT2D eigenvalue weighted by atomic mass is 33.2. The van der Waals surface area contributed by atoms with Crippen LogP contribution in [0.4, 0.5) is 0 Å². The molecular weight excluding hydrogens is 271 g/mol. The van der Waals surface area contributed by atoms with Gasteiger partial charge in [-0.15, -0.1) is 22.8 Å². The molecule has 0 N–H and O–H groups in total. The first-order valence-corrected chi connectivity index (χ1v) is 12.5. The molecule has 0 bridgehead atoms. The van der Waals surface area contributed by atoms with E-state index in [0.29, 0.717) is 0 Å². The molecule has 0 spiro atoms. The largest absolute Gasteiger partial charge is 0.113 e. The topological polar surface area (TPSA) is 0 Å². The fourth-order valence-corrected chi connectivity index (χ4v) is 16.0. The van der Waals surface area contributed by atoms with Crippen LogP contribution in [0.3, 0.4) is 0 Å². The summed E-state index contributed by atoms with van der Waals surface area (Å²) in [5, 5.41) is 0. The normalized spacial score (nSPS) is 39.1. The molecule has 94 valence electrons. The maximum Gasteiger partial charge on any atom is 0.0605 e. The first-order valence-electron chi connectivity index (χ1n) is 6.41. The van der Waals surface area contributed by atoms with E-state index in [-0.39, 0.29) is 0 Å². The van der Waals surface area contributed by atoms with Crippen molar-refractivity contribution in [1.82, 2.24) is 0 Å². The molecule has 0 aromatic carbocycles. The molecule has 2 fully saturated rings. The Bertz CT molecular complexity index is 280. The SMILES string of the molecule is CC1CCC(C(C)C)C(P2(=S)SCCS2)C1. The lowest BCUT2D eigenvalue weighted by Crippen LogP contribution is -2.30. The van der Waals surface area contributed by atoms with Gasteiger partial charge in [-0.2, -0.15) is 0 Å². The van der Waals surface area contributed by atoms with Crippen LogP contribution in [0.25, 0.3) is 0 Å². The van der Waals surface area contributed by atoms with E-state index in [2.05, 4.69) is 43.5 Å². The molecule has 4 heteroatoms. The van der Waals surface area contributed by atoms with Gasteiger partial charge >= 0.3 is 0 Å². The second kappa shape index (κ2) is 5.55. The lowest BCUT2D eigenvalue weighted by molar-refractivity contribution is 0.243. The zero-order valence-corrected chi connectivity index (χ0v) is 13.9. The second-order valence-corrected chi connectivity index (χ2v) is 17.5. The summed E-state index contributed by atoms with van der Waals surface area (Å²) in [6, 6.07) is 0. The smallest absolute Gasteiger partial charge is 0.0605 e. The molecule has 0 amide bonds. The van der Waals surface area contributed by atoms with Crippen molar-refractivity contribution in [3.63, 3.8) is 0 Å². The van der Waals surface area contributed by atoms with E-state index in [1.54, 1.807) is 0 Å². The molecule has 0 nitrogen and oxygen atoms in total. The van der Waals surface area contributed by atoms with E-state index in [1.165, 1.54) is 30.8 Å². The summed E-state index contributed by atoms with van der Waals surface area (Å²) in [5.41, 5.74) is 0.878. The maximum atomic E-state index is 6.07. The lowest BCUT2D eigenvalue weighted by atomic mass is 9.77. The standard InChI is InChI=1S/C12H23PS3/c1-9(2)11-5-4-10(3)8-12(11)13(14)15-6-7-16-13/h9-12H,4-8H2,1-3H3. The van der Waals surface area contributed by atoms with Gasteiger partial charge in [-0.25, -0.2) is 0 Å². The summed E-state index contributed by atoms with van der Waals surface area (Å²) in [6.45, 7) is 7.23. The van der Waals surface area contributed by atoms with Crippen LogP contribution in [0, 0.1) is 17.8 Å². The van der Waals surface area contributed by atoms with Crippen LogP contribution in [0.2, 0.25) is 0 Å². The molecule has 1 saturated carbocycles. The Morgan fingerprint density at radius 1 is 1.19 bits per heavy atom. The molecule has 1 aliphatic heterocycles. The molecule has 16 heavy (non-hydrogen) atoms. The Labute approximate surface area is 114 Å². The summed E-state index contributed by atoms with van der Waals surface area (Å²) < 4.78 is -1.13. The molecule has 2 rings (SSSR count). The summed E-state index contributed by atoms with van der Waals surface area (Å²) >= 11 is 10.4. The average Bonchev–Trinajstić information content (AvgIpc) is 2.66. The summed E-state index contributed by atoms with van der Waals surface area (Å²) in [6.07, 6.45) is 4.28. The Hall–Kier alpha value is 1.35. The van der Waals surface area contributed by atoms with Gasteiger partial charge in [0.2, 0.25) is 0 Å². The van der Waals surface area contributed by atoms with Gasteiger partial charge in [0, 0.05) is 17.2 Å². The zero-order valence-electron chi connectivity index (χ0n) is 10.5. The monoisotopic (exact) mass is 294 g/mol. The highest BCUT2D eigenvalue weighted by Crippen LogP contribution is 2.79. The van der Waals surface area contributed by atoms with Crippen molar-refractivity contribution in [1.29, 1.82) is 0 Å². The molecule has 2 aliphatic rings. The molecule has 1 heterocycles. The van der Waals surface area contributed by atoms with Crippen LogP contribution in [0.15, 0.2) is 0 Å². The van der Waals surface area contributed by atoms with Crippen LogP contribution < -0.4 is 0 Å². The molecule has 3 atom stereocenters. The maximum absolute atomic E-state index is 6.07. The molecular formula is C12H23PS3. The predicted octanol–water partition coefficient (Wildman–Crippen LogP) is 5.24. The van der Waals surface area contributed by atoms with Crippen molar-refractivity contribution in [2.45, 2.75) is 45.7 Å². The van der Waals surface area contributed by atoms with E-state index in [9.17, 15) is 0 Å². The average molecular weight is 294 g/mol. The molecule has 1 aliphatic carbocycles. The summed E-state index contributed by atoms with van der Waals surface area (Å²) in [4.78, 5) is 0. The van der Waals surface area contributed by atoms with Gasteiger partial charge in [0.25, 0.3) is 0 Å². The van der Waals surface area contributed by atoms with Crippen molar-refractivity contribution >= 4 is 39.0 Å². The fraction of sp³-hybridized carbons (Fsp3) is 1.00. The Morgan fingerprint density at radius 2 is 1.81 bits per heavy atom. The minimum atomic E-state index is -1.13. The number of rotatable bonds is 2. The molecule has 1 saturated heterocycles. The third-order valence-corrected chi connectivity index (χ3v) is 16.7. The second-order valence-electron chi connectivity index (χ2n) is 5.60. The minimum Gasteiger partial charge on any atom is -0.113 e. The van der Waals surface area contributed by atoms with Gasteiger partial charge in [-0.1, -0.05) is 39.0 Å². The lowest BCUT2D eigenvalue weighted by Gasteiger charge is -2.41. The van der Waals surface area contributed by atoms with Crippen molar-refractivity contribution < 1.29 is 0 Å². The van der Waals surface area contributed by atoms with Crippen LogP contribution in [0.5, 0.6) is 0 Å². The highest BCUT2D eigenvalue weighted by Gasteiger charge is 2.42. The van der Waals surface area contributed by atoms with Gasteiger partial charge in [0.15, 0.2) is 0 Å². The van der Waals surface area contributed by atoms with Gasteiger partial charge in [-0.05, 0) is 30.6 Å². The minimum absolute atomic E-state index is 0.833. The first kappa shape index (κ1) is 13.8. The van der Waals surface area contributed by atoms with E-state index in [0.717, 1.165) is 23.4 Å². The van der Waals surface area contributed by atoms with Crippen molar-refractivity contribution in [2.24, 2.45) is 17.8 Å². The Morgan fingerprint density at radius 3 is 2.38 bits per heavy atom. The van der Waals surface area contributed by atoms with Crippen LogP contribution in [-0.4, -0.2) is 17.2 Å². The summed E-state index contributed by atoms with van der Waals surface area (Å²) in [7, 11) is 0. The molecule has 3 unspecified atom stereocenters. The highest BCUT2D eigenvalue weighted by molar-refractivity contribution is 9.02. The Balaban J connectivity index is 2.16. The van der Waals surface area contributed by atoms with Crippen LogP contribution >= 0.6 is 27.2 Å². The molecule has 0 aromatic rings. The van der Waals surface area contributed by atoms with Crippen LogP contribution in [0.1, 0.15) is 40.0 Å². The third-order valence-electron chi connectivity index (χ3n) is 4.02. The predicted molar refractivity (Wildman–Crippen MR) is 84.3 cm³/mol. The number of hydrogen-bond acceptors (Lipinski definition) is 3. The van der Waals surface area contributed by atoms with E-state index in [1.807, 2.05) is 0 Å². The van der Waals surface area contributed by atoms with Gasteiger partial charge in [0.1, 0.15) is 0 Å². The molecule has 0 aromatic heterocycles. The first-order chi connectivity index (χ1) is 7.53. The van der Waals surface area contributed by atoms with Gasteiger partial charge in [-0.3, -0.25) is 0 Å². The fourth-order valence-electron chi connectivity index (χ4n) is 3.07. The van der Waals surface area contributed by atoms with E-state index < -0.39 is 4.44 Å². The van der Waals surface area contributed by atoms with E-state index in [4.69, 9.17) is 11.8 Å². The van der Waals surface area contributed by atoms with Crippen molar-refractivity contribution in [3.8, 4) is 0 Å². The van der Waals surface area contributed by atoms with E-state index >= 15 is 0 Å². The third kappa shape index (κ3) is 2.84. The van der Waals surface area contributed by atoms with Crippen molar-refractivity contribution in [2.75, 3.05) is 11.5 Å².